The zero-order chi connectivity index (χ0) is 13.8. The second-order valence-electron chi connectivity index (χ2n) is 5.47. The van der Waals surface area contributed by atoms with Crippen LogP contribution >= 0.6 is 0 Å². The van der Waals surface area contributed by atoms with Crippen LogP contribution < -0.4 is 15.5 Å². The van der Waals surface area contributed by atoms with Crippen LogP contribution in [0.25, 0.3) is 0 Å². The molecule has 6 heteroatoms. The first kappa shape index (κ1) is 13.3. The number of aromatic nitrogens is 2. The molecule has 0 bridgehead atoms. The van der Waals surface area contributed by atoms with Gasteiger partial charge in [0.15, 0.2) is 5.82 Å². The van der Waals surface area contributed by atoms with Crippen molar-refractivity contribution in [2.45, 2.75) is 37.8 Å². The Kier molecular flexibility index (Phi) is 4.11. The molecule has 20 heavy (non-hydrogen) atoms. The van der Waals surface area contributed by atoms with E-state index in [1.54, 1.807) is 6.20 Å². The van der Waals surface area contributed by atoms with E-state index in [0.29, 0.717) is 12.6 Å². The summed E-state index contributed by atoms with van der Waals surface area (Å²) < 4.78 is 0. The molecule has 108 valence electrons. The van der Waals surface area contributed by atoms with Gasteiger partial charge in [-0.25, -0.2) is 0 Å². The fourth-order valence-corrected chi connectivity index (χ4v) is 3.05. The van der Waals surface area contributed by atoms with Gasteiger partial charge in [-0.1, -0.05) is 0 Å². The summed E-state index contributed by atoms with van der Waals surface area (Å²) in [6.07, 6.45) is 5.95. The molecule has 2 aliphatic rings. The van der Waals surface area contributed by atoms with Crippen LogP contribution in [0, 0.1) is 0 Å². The lowest BCUT2D eigenvalue weighted by Gasteiger charge is -2.25. The molecule has 2 atom stereocenters. The molecule has 3 heterocycles. The molecule has 2 fully saturated rings. The number of carbonyl (C=O) groups excluding carboxylic acids is 1. The van der Waals surface area contributed by atoms with Crippen molar-refractivity contribution in [2.24, 2.45) is 0 Å². The molecular weight excluding hydrogens is 254 g/mol. The molecule has 2 unspecified atom stereocenters. The van der Waals surface area contributed by atoms with Gasteiger partial charge in [-0.15, -0.1) is 5.10 Å². The summed E-state index contributed by atoms with van der Waals surface area (Å²) in [5.74, 6) is 1.04. The zero-order valence-corrected chi connectivity index (χ0v) is 11.6. The first-order valence-corrected chi connectivity index (χ1v) is 7.40. The van der Waals surface area contributed by atoms with E-state index < -0.39 is 0 Å². The molecule has 0 aliphatic carbocycles. The first-order valence-electron chi connectivity index (χ1n) is 7.40. The Bertz CT molecular complexity index is 446. The second kappa shape index (κ2) is 6.17. The van der Waals surface area contributed by atoms with E-state index in [2.05, 4.69) is 25.7 Å². The summed E-state index contributed by atoms with van der Waals surface area (Å²) >= 11 is 0. The molecule has 0 radical (unpaired) electrons. The molecule has 0 saturated carbocycles. The molecule has 2 N–H and O–H groups in total. The molecule has 0 aromatic carbocycles. The maximum atomic E-state index is 12.0. The lowest BCUT2D eigenvalue weighted by Crippen LogP contribution is -2.46. The van der Waals surface area contributed by atoms with Crippen molar-refractivity contribution in [3.8, 4) is 0 Å². The van der Waals surface area contributed by atoms with Crippen LogP contribution in [0.4, 0.5) is 5.82 Å². The van der Waals surface area contributed by atoms with Gasteiger partial charge in [0.05, 0.1) is 6.04 Å². The lowest BCUT2D eigenvalue weighted by molar-refractivity contribution is -0.122. The van der Waals surface area contributed by atoms with Crippen LogP contribution in [-0.2, 0) is 4.79 Å². The minimum Gasteiger partial charge on any atom is -0.353 e. The summed E-state index contributed by atoms with van der Waals surface area (Å²) in [6, 6.07) is 4.21. The van der Waals surface area contributed by atoms with Crippen molar-refractivity contribution in [2.75, 3.05) is 24.5 Å². The maximum Gasteiger partial charge on any atom is 0.237 e. The van der Waals surface area contributed by atoms with Gasteiger partial charge in [0.2, 0.25) is 5.91 Å². The van der Waals surface area contributed by atoms with Crippen LogP contribution in [0.5, 0.6) is 0 Å². The summed E-state index contributed by atoms with van der Waals surface area (Å²) in [4.78, 5) is 14.3. The fraction of sp³-hybridized carbons (Fsp3) is 0.643. The lowest BCUT2D eigenvalue weighted by atomic mass is 10.2. The molecule has 1 amide bonds. The number of anilines is 1. The van der Waals surface area contributed by atoms with Crippen molar-refractivity contribution in [1.29, 1.82) is 0 Å². The third-order valence-electron chi connectivity index (χ3n) is 4.12. The molecular formula is C14H21N5O. The third kappa shape index (κ3) is 2.90. The number of nitrogens with zero attached hydrogens (tertiary/aromatic N) is 3. The summed E-state index contributed by atoms with van der Waals surface area (Å²) in [5, 5.41) is 14.4. The van der Waals surface area contributed by atoms with E-state index in [0.717, 1.165) is 44.6 Å². The van der Waals surface area contributed by atoms with Gasteiger partial charge in [0.1, 0.15) is 0 Å². The van der Waals surface area contributed by atoms with Crippen LogP contribution in [0.2, 0.25) is 0 Å². The molecule has 2 aliphatic heterocycles. The van der Waals surface area contributed by atoms with Crippen LogP contribution in [0.1, 0.15) is 25.7 Å². The van der Waals surface area contributed by atoms with Gasteiger partial charge in [0.25, 0.3) is 0 Å². The van der Waals surface area contributed by atoms with E-state index in [1.165, 1.54) is 0 Å². The number of hydrogen-bond acceptors (Lipinski definition) is 5. The van der Waals surface area contributed by atoms with E-state index in [1.807, 2.05) is 12.1 Å². The van der Waals surface area contributed by atoms with Crippen LogP contribution in [0.15, 0.2) is 18.3 Å². The SMILES string of the molecule is O=C(NCC1CCCN1c1cccnn1)C1CCCN1. The van der Waals surface area contributed by atoms with E-state index in [9.17, 15) is 4.79 Å². The van der Waals surface area contributed by atoms with E-state index >= 15 is 0 Å². The highest BCUT2D eigenvalue weighted by atomic mass is 16.2. The van der Waals surface area contributed by atoms with Crippen molar-refractivity contribution in [3.05, 3.63) is 18.3 Å². The van der Waals surface area contributed by atoms with Gasteiger partial charge in [-0.05, 0) is 44.4 Å². The number of nitrogens with one attached hydrogen (secondary N) is 2. The first-order chi connectivity index (χ1) is 9.84. The number of carbonyl (C=O) groups is 1. The summed E-state index contributed by atoms with van der Waals surface area (Å²) in [7, 11) is 0. The Morgan fingerprint density at radius 2 is 2.40 bits per heavy atom. The molecule has 1 aromatic rings. The molecule has 0 spiro atoms. The molecule has 1 aromatic heterocycles. The number of hydrogen-bond donors (Lipinski definition) is 2. The van der Waals surface area contributed by atoms with Gasteiger partial charge in [-0.2, -0.15) is 5.10 Å². The predicted molar refractivity (Wildman–Crippen MR) is 76.4 cm³/mol. The second-order valence-corrected chi connectivity index (χ2v) is 5.47. The minimum atomic E-state index is 0.00127. The van der Waals surface area contributed by atoms with Crippen molar-refractivity contribution >= 4 is 11.7 Å². The van der Waals surface area contributed by atoms with Crippen LogP contribution in [0.3, 0.4) is 0 Å². The normalized spacial score (nSPS) is 25.9. The average Bonchev–Trinajstić information content (AvgIpc) is 3.17. The standard InChI is InChI=1S/C14H21N5O/c20-14(12-5-1-7-15-12)16-10-11-4-3-9-19(11)13-6-2-8-17-18-13/h2,6,8,11-12,15H,1,3-5,7,9-10H2,(H,16,20). The monoisotopic (exact) mass is 275 g/mol. The summed E-state index contributed by atoms with van der Waals surface area (Å²) in [5.41, 5.74) is 0. The van der Waals surface area contributed by atoms with E-state index in [-0.39, 0.29) is 11.9 Å². The quantitative estimate of drug-likeness (QED) is 0.828. The zero-order valence-electron chi connectivity index (χ0n) is 11.6. The van der Waals surface area contributed by atoms with Gasteiger partial charge in [0, 0.05) is 25.3 Å². The Morgan fingerprint density at radius 1 is 1.45 bits per heavy atom. The van der Waals surface area contributed by atoms with Crippen molar-refractivity contribution in [3.63, 3.8) is 0 Å². The average molecular weight is 275 g/mol. The molecule has 2 saturated heterocycles. The van der Waals surface area contributed by atoms with Gasteiger partial charge in [-0.3, -0.25) is 4.79 Å². The van der Waals surface area contributed by atoms with Gasteiger partial charge >= 0.3 is 0 Å². The number of rotatable bonds is 4. The molecule has 6 nitrogen and oxygen atoms in total. The Labute approximate surface area is 118 Å². The Morgan fingerprint density at radius 3 is 3.15 bits per heavy atom. The molecule has 3 rings (SSSR count). The third-order valence-corrected chi connectivity index (χ3v) is 4.12. The van der Waals surface area contributed by atoms with Crippen LogP contribution in [-0.4, -0.2) is 47.8 Å². The topological polar surface area (TPSA) is 70.2 Å². The van der Waals surface area contributed by atoms with Gasteiger partial charge < -0.3 is 15.5 Å². The van der Waals surface area contributed by atoms with E-state index in [4.69, 9.17) is 0 Å². The Hall–Kier alpha value is -1.69. The Balaban J connectivity index is 1.55. The largest absolute Gasteiger partial charge is 0.353 e. The predicted octanol–water partition coefficient (Wildman–Crippen LogP) is 0.314. The highest BCUT2D eigenvalue weighted by molar-refractivity contribution is 5.82. The smallest absolute Gasteiger partial charge is 0.237 e. The highest BCUT2D eigenvalue weighted by Crippen LogP contribution is 2.22. The fourth-order valence-electron chi connectivity index (χ4n) is 3.05. The minimum absolute atomic E-state index is 0.00127. The van der Waals surface area contributed by atoms with Crippen molar-refractivity contribution < 1.29 is 4.79 Å². The maximum absolute atomic E-state index is 12.0. The number of amides is 1. The summed E-state index contributed by atoms with van der Waals surface area (Å²) in [6.45, 7) is 2.63. The highest BCUT2D eigenvalue weighted by Gasteiger charge is 2.28. The van der Waals surface area contributed by atoms with Crippen molar-refractivity contribution in [1.82, 2.24) is 20.8 Å².